The fraction of sp³-hybridized carbons (Fsp3) is 0.850. The first kappa shape index (κ1) is 23.4. The van der Waals surface area contributed by atoms with Crippen molar-refractivity contribution >= 4 is 17.8 Å². The van der Waals surface area contributed by atoms with E-state index in [0.717, 1.165) is 38.8 Å². The van der Waals surface area contributed by atoms with Crippen molar-refractivity contribution < 1.29 is 23.9 Å². The van der Waals surface area contributed by atoms with E-state index in [9.17, 15) is 14.4 Å². The number of amides is 1. The number of rotatable bonds is 10. The minimum atomic E-state index is -0.636. The van der Waals surface area contributed by atoms with E-state index in [1.165, 1.54) is 4.90 Å². The molecular weight excluding hydrogens is 348 g/mol. The molecule has 0 radical (unpaired) electrons. The summed E-state index contributed by atoms with van der Waals surface area (Å²) in [4.78, 5) is 40.1. The fourth-order valence-corrected chi connectivity index (χ4v) is 3.63. The maximum atomic E-state index is 12.6. The molecule has 0 aromatic carbocycles. The van der Waals surface area contributed by atoms with Crippen molar-refractivity contribution in [1.29, 1.82) is 0 Å². The molecule has 1 aliphatic rings. The van der Waals surface area contributed by atoms with Crippen LogP contribution in [-0.2, 0) is 19.1 Å². The van der Waals surface area contributed by atoms with Crippen molar-refractivity contribution in [3.05, 3.63) is 0 Å². The average Bonchev–Trinajstić information content (AvgIpc) is 2.61. The van der Waals surface area contributed by atoms with Gasteiger partial charge in [-0.1, -0.05) is 34.1 Å². The normalized spacial score (nSPS) is 18.5. The van der Waals surface area contributed by atoms with E-state index < -0.39 is 18.9 Å². The van der Waals surface area contributed by atoms with Gasteiger partial charge in [0.05, 0.1) is 6.04 Å². The van der Waals surface area contributed by atoms with Gasteiger partial charge >= 0.3 is 12.1 Å². The van der Waals surface area contributed by atoms with Gasteiger partial charge in [0.2, 0.25) is 6.79 Å². The molecule has 2 atom stereocenters. The molecule has 0 aromatic heterocycles. The van der Waals surface area contributed by atoms with Crippen LogP contribution in [0.1, 0.15) is 66.2 Å². The van der Waals surface area contributed by atoms with Crippen molar-refractivity contribution in [2.45, 2.75) is 78.3 Å². The van der Waals surface area contributed by atoms with Gasteiger partial charge in [-0.3, -0.25) is 14.5 Å². The number of likely N-dealkylation sites (N-methyl/N-ethyl adjacent to an activating group) is 1. The minimum Gasteiger partial charge on any atom is -0.427 e. The van der Waals surface area contributed by atoms with Crippen LogP contribution in [0.15, 0.2) is 0 Å². The van der Waals surface area contributed by atoms with Crippen molar-refractivity contribution in [2.24, 2.45) is 5.92 Å². The number of hydrogen-bond acceptors (Lipinski definition) is 6. The van der Waals surface area contributed by atoms with E-state index >= 15 is 0 Å². The van der Waals surface area contributed by atoms with Crippen molar-refractivity contribution in [3.63, 3.8) is 0 Å². The maximum Gasteiger partial charge on any atom is 0.413 e. The number of carbonyl (C=O) groups is 3. The molecule has 1 aliphatic carbocycles. The summed E-state index contributed by atoms with van der Waals surface area (Å²) in [6.45, 7) is 9.33. The van der Waals surface area contributed by atoms with Gasteiger partial charge in [-0.2, -0.15) is 0 Å². The number of Topliss-reactive ketones (excluding diaryl/α,β-unsaturated/α-hetero) is 1. The second-order valence-corrected chi connectivity index (χ2v) is 7.56. The van der Waals surface area contributed by atoms with Gasteiger partial charge in [-0.15, -0.1) is 0 Å². The molecule has 156 valence electrons. The molecule has 27 heavy (non-hydrogen) atoms. The number of esters is 1. The average molecular weight is 385 g/mol. The van der Waals surface area contributed by atoms with Crippen LogP contribution in [0.5, 0.6) is 0 Å². The van der Waals surface area contributed by atoms with Gasteiger partial charge in [-0.25, -0.2) is 4.79 Å². The SMILES string of the molecule is CCCN(CCC)C(C(=O)OCOC(=O)N(C)C1CCCCC1=O)C(C)C. The molecule has 0 bridgehead atoms. The van der Waals surface area contributed by atoms with Crippen molar-refractivity contribution in [2.75, 3.05) is 26.9 Å². The quantitative estimate of drug-likeness (QED) is 0.425. The molecule has 0 spiro atoms. The predicted molar refractivity (Wildman–Crippen MR) is 103 cm³/mol. The Morgan fingerprint density at radius 3 is 2.26 bits per heavy atom. The Morgan fingerprint density at radius 2 is 1.74 bits per heavy atom. The molecule has 0 aromatic rings. The molecule has 1 rings (SSSR count). The third-order valence-electron chi connectivity index (χ3n) is 4.95. The van der Waals surface area contributed by atoms with Crippen LogP contribution in [0, 0.1) is 5.92 Å². The second kappa shape index (κ2) is 12.0. The number of ether oxygens (including phenoxy) is 2. The first-order valence-electron chi connectivity index (χ1n) is 10.2. The highest BCUT2D eigenvalue weighted by Crippen LogP contribution is 2.19. The highest BCUT2D eigenvalue weighted by molar-refractivity contribution is 5.87. The molecular formula is C20H36N2O5. The number of hydrogen-bond donors (Lipinski definition) is 0. The van der Waals surface area contributed by atoms with Crippen LogP contribution < -0.4 is 0 Å². The molecule has 0 heterocycles. The van der Waals surface area contributed by atoms with Gasteiger partial charge in [0.25, 0.3) is 0 Å². The van der Waals surface area contributed by atoms with Gasteiger partial charge < -0.3 is 14.4 Å². The van der Waals surface area contributed by atoms with E-state index in [2.05, 4.69) is 18.7 Å². The van der Waals surface area contributed by atoms with Crippen LogP contribution in [0.3, 0.4) is 0 Å². The zero-order valence-corrected chi connectivity index (χ0v) is 17.5. The molecule has 0 saturated heterocycles. The number of carbonyl (C=O) groups excluding carboxylic acids is 3. The Kier molecular flexibility index (Phi) is 10.4. The third-order valence-corrected chi connectivity index (χ3v) is 4.95. The van der Waals surface area contributed by atoms with Gasteiger partial charge in [0.1, 0.15) is 6.04 Å². The van der Waals surface area contributed by atoms with E-state index in [1.54, 1.807) is 7.05 Å². The van der Waals surface area contributed by atoms with Crippen LogP contribution in [0.25, 0.3) is 0 Å². The summed E-state index contributed by atoms with van der Waals surface area (Å²) < 4.78 is 10.3. The van der Waals surface area contributed by atoms with Gasteiger partial charge in [-0.05, 0) is 44.7 Å². The predicted octanol–water partition coefficient (Wildman–Crippen LogP) is 3.21. The fourth-order valence-electron chi connectivity index (χ4n) is 3.63. The zero-order chi connectivity index (χ0) is 20.4. The molecule has 2 unspecified atom stereocenters. The smallest absolute Gasteiger partial charge is 0.413 e. The van der Waals surface area contributed by atoms with Crippen LogP contribution in [-0.4, -0.2) is 66.7 Å². The third kappa shape index (κ3) is 7.13. The Balaban J connectivity index is 2.55. The molecule has 0 aliphatic heterocycles. The molecule has 1 saturated carbocycles. The lowest BCUT2D eigenvalue weighted by molar-refractivity contribution is -0.161. The monoisotopic (exact) mass is 384 g/mol. The van der Waals surface area contributed by atoms with Gasteiger partial charge in [0.15, 0.2) is 5.78 Å². The molecule has 7 heteroatoms. The summed E-state index contributed by atoms with van der Waals surface area (Å²) in [7, 11) is 1.55. The van der Waals surface area contributed by atoms with Crippen LogP contribution in [0.4, 0.5) is 4.79 Å². The lowest BCUT2D eigenvalue weighted by Gasteiger charge is -2.32. The summed E-state index contributed by atoms with van der Waals surface area (Å²) >= 11 is 0. The summed E-state index contributed by atoms with van der Waals surface area (Å²) in [5.74, 6) is -0.225. The van der Waals surface area contributed by atoms with E-state index in [1.807, 2.05) is 13.8 Å². The first-order chi connectivity index (χ1) is 12.8. The van der Waals surface area contributed by atoms with Crippen molar-refractivity contribution in [1.82, 2.24) is 9.80 Å². The van der Waals surface area contributed by atoms with E-state index in [0.29, 0.717) is 12.8 Å². The topological polar surface area (TPSA) is 76.2 Å². The van der Waals surface area contributed by atoms with Gasteiger partial charge in [0, 0.05) is 13.5 Å². The maximum absolute atomic E-state index is 12.6. The van der Waals surface area contributed by atoms with Crippen LogP contribution in [0.2, 0.25) is 0 Å². The summed E-state index contributed by atoms with van der Waals surface area (Å²) in [6, 6.07) is -0.795. The summed E-state index contributed by atoms with van der Waals surface area (Å²) in [6.07, 6.45) is 4.21. The first-order valence-corrected chi connectivity index (χ1v) is 10.2. The van der Waals surface area contributed by atoms with Crippen molar-refractivity contribution in [3.8, 4) is 0 Å². The van der Waals surface area contributed by atoms with E-state index in [-0.39, 0.29) is 23.7 Å². The Morgan fingerprint density at radius 1 is 1.11 bits per heavy atom. The summed E-state index contributed by atoms with van der Waals surface area (Å²) in [5, 5.41) is 0. The zero-order valence-electron chi connectivity index (χ0n) is 17.5. The largest absolute Gasteiger partial charge is 0.427 e. The number of ketones is 1. The highest BCUT2D eigenvalue weighted by atomic mass is 16.7. The second-order valence-electron chi connectivity index (χ2n) is 7.56. The molecule has 1 fully saturated rings. The summed E-state index contributed by atoms with van der Waals surface area (Å²) in [5.41, 5.74) is 0. The highest BCUT2D eigenvalue weighted by Gasteiger charge is 2.31. The molecule has 7 nitrogen and oxygen atoms in total. The van der Waals surface area contributed by atoms with Crippen LogP contribution >= 0.6 is 0 Å². The standard InChI is InChI=1S/C20H36N2O5/c1-6-12-22(13-7-2)18(15(3)4)19(24)26-14-27-20(25)21(5)16-10-8-9-11-17(16)23/h15-16,18H,6-14H2,1-5H3. The lowest BCUT2D eigenvalue weighted by atomic mass is 9.93. The molecule has 0 N–H and O–H groups in total. The molecule has 1 amide bonds. The van der Waals surface area contributed by atoms with E-state index in [4.69, 9.17) is 9.47 Å². The Bertz CT molecular complexity index is 489. The minimum absolute atomic E-state index is 0.0624. The lowest BCUT2D eigenvalue weighted by Crippen LogP contribution is -2.47. The Labute approximate surface area is 163 Å². The number of nitrogens with zero attached hydrogens (tertiary/aromatic N) is 2. The Hall–Kier alpha value is -1.63.